The zero-order valence-corrected chi connectivity index (χ0v) is 18.9. The van der Waals surface area contributed by atoms with Gasteiger partial charge in [0.05, 0.1) is 6.04 Å². The Balaban J connectivity index is 1.63. The Hall–Kier alpha value is -2.70. The Kier molecular flexibility index (Phi) is 6.12. The molecule has 6 nitrogen and oxygen atoms in total. The van der Waals surface area contributed by atoms with Crippen molar-refractivity contribution < 1.29 is 4.79 Å². The lowest BCUT2D eigenvalue weighted by atomic mass is 10.0. The molecule has 1 aliphatic heterocycles. The molecule has 2 heterocycles. The molecule has 1 aliphatic rings. The average Bonchev–Trinajstić information content (AvgIpc) is 2.78. The van der Waals surface area contributed by atoms with Gasteiger partial charge in [0.15, 0.2) is 5.82 Å². The second-order valence-corrected chi connectivity index (χ2v) is 8.96. The first kappa shape index (κ1) is 21.5. The molecule has 2 aromatic carbocycles. The van der Waals surface area contributed by atoms with Crippen LogP contribution < -0.4 is 10.6 Å². The predicted molar refractivity (Wildman–Crippen MR) is 126 cm³/mol. The number of hydrogen-bond donors (Lipinski definition) is 1. The van der Waals surface area contributed by atoms with E-state index >= 15 is 0 Å². The van der Waals surface area contributed by atoms with Gasteiger partial charge in [-0.15, -0.1) is 10.2 Å². The molecule has 4 rings (SSSR count). The van der Waals surface area contributed by atoms with Gasteiger partial charge in [-0.25, -0.2) is 0 Å². The molecule has 0 radical (unpaired) electrons. The molecule has 1 amide bonds. The number of amides is 1. The number of piperazine rings is 1. The molecule has 3 aromatic rings. The van der Waals surface area contributed by atoms with Crippen molar-refractivity contribution in [2.45, 2.75) is 32.9 Å². The fourth-order valence-electron chi connectivity index (χ4n) is 4.10. The van der Waals surface area contributed by atoms with Crippen molar-refractivity contribution >= 4 is 34.1 Å². The van der Waals surface area contributed by atoms with Gasteiger partial charge < -0.3 is 15.5 Å². The number of hydrogen-bond acceptors (Lipinski definition) is 5. The Bertz CT molecular complexity index is 1090. The summed E-state index contributed by atoms with van der Waals surface area (Å²) in [5.41, 5.74) is 7.93. The number of anilines is 1. The number of nitrogens with two attached hydrogens (primary N) is 1. The van der Waals surface area contributed by atoms with E-state index in [9.17, 15) is 4.79 Å². The Labute approximate surface area is 188 Å². The highest BCUT2D eigenvalue weighted by Crippen LogP contribution is 2.32. The van der Waals surface area contributed by atoms with Crippen LogP contribution in [0.4, 0.5) is 5.82 Å². The smallest absolute Gasteiger partial charge is 0.240 e. The minimum absolute atomic E-state index is 0.0242. The Morgan fingerprint density at radius 1 is 1.06 bits per heavy atom. The maximum absolute atomic E-state index is 12.8. The molecule has 0 unspecified atom stereocenters. The van der Waals surface area contributed by atoms with Crippen molar-refractivity contribution in [3.8, 4) is 11.3 Å². The first-order valence-electron chi connectivity index (χ1n) is 10.7. The van der Waals surface area contributed by atoms with E-state index in [0.717, 1.165) is 27.8 Å². The standard InChI is InChI=1S/C24H28ClN5O/c1-15(2)21(26)24(31)30-13-12-29(14-16(30)3)23-20-7-5-4-6-19(20)22(27-28-23)17-8-10-18(25)11-9-17/h4-11,15-16,21H,12-14,26H2,1-3H3/t16-,21+/m1/s1. The van der Waals surface area contributed by atoms with Crippen LogP contribution in [-0.2, 0) is 4.79 Å². The third kappa shape index (κ3) is 4.23. The van der Waals surface area contributed by atoms with Gasteiger partial charge in [0.2, 0.25) is 5.91 Å². The van der Waals surface area contributed by atoms with Gasteiger partial charge in [-0.3, -0.25) is 4.79 Å². The van der Waals surface area contributed by atoms with Gasteiger partial charge >= 0.3 is 0 Å². The second kappa shape index (κ2) is 8.81. The Morgan fingerprint density at radius 3 is 2.39 bits per heavy atom. The molecular weight excluding hydrogens is 410 g/mol. The minimum atomic E-state index is -0.465. The Morgan fingerprint density at radius 2 is 1.74 bits per heavy atom. The topological polar surface area (TPSA) is 75.4 Å². The average molecular weight is 438 g/mol. The van der Waals surface area contributed by atoms with E-state index in [1.165, 1.54) is 0 Å². The van der Waals surface area contributed by atoms with Crippen LogP contribution in [0.2, 0.25) is 5.02 Å². The molecule has 1 saturated heterocycles. The summed E-state index contributed by atoms with van der Waals surface area (Å²) in [4.78, 5) is 16.9. The predicted octanol–water partition coefficient (Wildman–Crippen LogP) is 3.97. The highest BCUT2D eigenvalue weighted by molar-refractivity contribution is 6.30. The van der Waals surface area contributed by atoms with E-state index in [-0.39, 0.29) is 17.9 Å². The summed E-state index contributed by atoms with van der Waals surface area (Å²) < 4.78 is 0. The van der Waals surface area contributed by atoms with Crippen LogP contribution in [0.1, 0.15) is 20.8 Å². The molecule has 1 aromatic heterocycles. The first-order chi connectivity index (χ1) is 14.9. The lowest BCUT2D eigenvalue weighted by Crippen LogP contribution is -2.58. The number of aromatic nitrogens is 2. The van der Waals surface area contributed by atoms with Crippen LogP contribution in [0.3, 0.4) is 0 Å². The third-order valence-electron chi connectivity index (χ3n) is 6.00. The van der Waals surface area contributed by atoms with Gasteiger partial charge in [-0.1, -0.05) is 61.8 Å². The van der Waals surface area contributed by atoms with Gasteiger partial charge in [0.1, 0.15) is 5.69 Å². The second-order valence-electron chi connectivity index (χ2n) is 8.52. The summed E-state index contributed by atoms with van der Waals surface area (Å²) in [6.07, 6.45) is 0. The molecular formula is C24H28ClN5O. The highest BCUT2D eigenvalue weighted by Gasteiger charge is 2.32. The van der Waals surface area contributed by atoms with Gasteiger partial charge in [0, 0.05) is 47.0 Å². The zero-order valence-electron chi connectivity index (χ0n) is 18.1. The summed E-state index contributed by atoms with van der Waals surface area (Å²) in [5, 5.41) is 12.0. The van der Waals surface area contributed by atoms with Crippen molar-refractivity contribution in [1.29, 1.82) is 0 Å². The van der Waals surface area contributed by atoms with Crippen molar-refractivity contribution in [2.75, 3.05) is 24.5 Å². The van der Waals surface area contributed by atoms with Crippen LogP contribution in [0.25, 0.3) is 22.0 Å². The largest absolute Gasteiger partial charge is 0.351 e. The van der Waals surface area contributed by atoms with E-state index in [0.29, 0.717) is 24.7 Å². The van der Waals surface area contributed by atoms with E-state index in [1.807, 2.05) is 55.1 Å². The third-order valence-corrected chi connectivity index (χ3v) is 6.25. The van der Waals surface area contributed by atoms with Crippen LogP contribution in [-0.4, -0.2) is 52.7 Å². The summed E-state index contributed by atoms with van der Waals surface area (Å²) in [6.45, 7) is 8.03. The monoisotopic (exact) mass is 437 g/mol. The molecule has 162 valence electrons. The molecule has 1 fully saturated rings. The maximum Gasteiger partial charge on any atom is 0.240 e. The van der Waals surface area contributed by atoms with Crippen LogP contribution >= 0.6 is 11.6 Å². The van der Waals surface area contributed by atoms with Gasteiger partial charge in [-0.05, 0) is 25.0 Å². The van der Waals surface area contributed by atoms with E-state index in [1.54, 1.807) is 0 Å². The molecule has 31 heavy (non-hydrogen) atoms. The van der Waals surface area contributed by atoms with Gasteiger partial charge in [-0.2, -0.15) is 0 Å². The molecule has 0 bridgehead atoms. The molecule has 2 N–H and O–H groups in total. The normalized spacial score (nSPS) is 17.9. The summed E-state index contributed by atoms with van der Waals surface area (Å²) >= 11 is 6.05. The van der Waals surface area contributed by atoms with E-state index in [4.69, 9.17) is 17.3 Å². The summed E-state index contributed by atoms with van der Waals surface area (Å²) in [6, 6.07) is 15.4. The molecule has 0 spiro atoms. The number of benzene rings is 2. The van der Waals surface area contributed by atoms with Crippen LogP contribution in [0, 0.1) is 5.92 Å². The fourth-order valence-corrected chi connectivity index (χ4v) is 4.22. The number of carbonyl (C=O) groups excluding carboxylic acids is 1. The van der Waals surface area contributed by atoms with E-state index < -0.39 is 6.04 Å². The molecule has 0 saturated carbocycles. The van der Waals surface area contributed by atoms with Crippen molar-refractivity contribution in [3.63, 3.8) is 0 Å². The fraction of sp³-hybridized carbons (Fsp3) is 0.375. The number of halogens is 1. The first-order valence-corrected chi connectivity index (χ1v) is 11.1. The number of rotatable bonds is 4. The molecule has 0 aliphatic carbocycles. The van der Waals surface area contributed by atoms with Crippen molar-refractivity contribution in [3.05, 3.63) is 53.6 Å². The minimum Gasteiger partial charge on any atom is -0.351 e. The van der Waals surface area contributed by atoms with Crippen molar-refractivity contribution in [2.24, 2.45) is 11.7 Å². The van der Waals surface area contributed by atoms with Crippen molar-refractivity contribution in [1.82, 2.24) is 15.1 Å². The SMILES string of the molecule is CC(C)[C@H](N)C(=O)N1CCN(c2nnc(-c3ccc(Cl)cc3)c3ccccc23)C[C@H]1C. The number of carbonyl (C=O) groups is 1. The summed E-state index contributed by atoms with van der Waals surface area (Å²) in [7, 11) is 0. The highest BCUT2D eigenvalue weighted by atomic mass is 35.5. The summed E-state index contributed by atoms with van der Waals surface area (Å²) in [5.74, 6) is 0.990. The quantitative estimate of drug-likeness (QED) is 0.668. The van der Waals surface area contributed by atoms with Crippen LogP contribution in [0.5, 0.6) is 0 Å². The maximum atomic E-state index is 12.8. The lowest BCUT2D eigenvalue weighted by molar-refractivity contribution is -0.136. The molecule has 2 atom stereocenters. The lowest BCUT2D eigenvalue weighted by Gasteiger charge is -2.41. The van der Waals surface area contributed by atoms with Gasteiger partial charge in [0.25, 0.3) is 0 Å². The number of nitrogens with zero attached hydrogens (tertiary/aromatic N) is 4. The number of fused-ring (bicyclic) bond motifs is 1. The molecule has 7 heteroatoms. The van der Waals surface area contributed by atoms with E-state index in [2.05, 4.69) is 34.2 Å². The van der Waals surface area contributed by atoms with Crippen LogP contribution in [0.15, 0.2) is 48.5 Å². The zero-order chi connectivity index (χ0) is 22.1.